The van der Waals surface area contributed by atoms with Crippen molar-refractivity contribution in [2.45, 2.75) is 0 Å². The molecule has 1 aromatic heterocycles. The van der Waals surface area contributed by atoms with Gasteiger partial charge in [-0.2, -0.15) is 5.10 Å². The van der Waals surface area contributed by atoms with Crippen LogP contribution in [0, 0.1) is 0 Å². The fourth-order valence-corrected chi connectivity index (χ4v) is 1.51. The van der Waals surface area contributed by atoms with E-state index in [1.807, 2.05) is 6.20 Å². The first-order valence-corrected chi connectivity index (χ1v) is 4.36. The van der Waals surface area contributed by atoms with Crippen LogP contribution in [-0.4, -0.2) is 28.0 Å². The van der Waals surface area contributed by atoms with E-state index < -0.39 is 5.97 Å². The maximum absolute atomic E-state index is 10.9. The Kier molecular flexibility index (Phi) is 2.07. The van der Waals surface area contributed by atoms with Crippen molar-refractivity contribution in [2.24, 2.45) is 7.05 Å². The monoisotopic (exact) mass is 206 g/mol. The molecule has 0 unspecified atom stereocenters. The van der Waals surface area contributed by atoms with Crippen molar-refractivity contribution in [1.29, 1.82) is 0 Å². The number of hydrogen-bond donors (Lipinski definition) is 1. The highest BCUT2D eigenvalue weighted by Gasteiger charge is 2.13. The van der Waals surface area contributed by atoms with Gasteiger partial charge in [-0.1, -0.05) is 0 Å². The summed E-state index contributed by atoms with van der Waals surface area (Å²) in [5, 5.41) is 13.9. The second-order valence-corrected chi connectivity index (χ2v) is 3.22. The Morgan fingerprint density at radius 2 is 2.27 bits per heavy atom. The summed E-state index contributed by atoms with van der Waals surface area (Å²) < 4.78 is 6.64. The molecule has 0 amide bonds. The molecule has 1 aromatic carbocycles. The number of methoxy groups -OCH3 is 1. The average molecular weight is 206 g/mol. The van der Waals surface area contributed by atoms with Crippen LogP contribution >= 0.6 is 0 Å². The SMILES string of the molecule is COc1cc2cn(C)nc2cc1C(=O)O. The Balaban J connectivity index is 2.73. The summed E-state index contributed by atoms with van der Waals surface area (Å²) >= 11 is 0. The van der Waals surface area contributed by atoms with Crippen LogP contribution in [0.25, 0.3) is 10.9 Å². The number of aromatic nitrogens is 2. The van der Waals surface area contributed by atoms with Crippen LogP contribution in [0.2, 0.25) is 0 Å². The molecule has 0 aliphatic heterocycles. The molecule has 1 heterocycles. The van der Waals surface area contributed by atoms with Crippen molar-refractivity contribution < 1.29 is 14.6 Å². The fraction of sp³-hybridized carbons (Fsp3) is 0.200. The van der Waals surface area contributed by atoms with Crippen LogP contribution in [0.3, 0.4) is 0 Å². The van der Waals surface area contributed by atoms with Crippen LogP contribution in [0.5, 0.6) is 5.75 Å². The lowest BCUT2D eigenvalue weighted by Gasteiger charge is -2.03. The van der Waals surface area contributed by atoms with E-state index in [9.17, 15) is 4.79 Å². The summed E-state index contributed by atoms with van der Waals surface area (Å²) in [6.07, 6.45) is 1.81. The van der Waals surface area contributed by atoms with Gasteiger partial charge in [0.05, 0.1) is 12.6 Å². The molecule has 0 atom stereocenters. The number of carboxylic acids is 1. The van der Waals surface area contributed by atoms with Gasteiger partial charge in [0.25, 0.3) is 0 Å². The van der Waals surface area contributed by atoms with Crippen molar-refractivity contribution in [3.05, 3.63) is 23.9 Å². The number of benzene rings is 1. The van der Waals surface area contributed by atoms with Crippen molar-refractivity contribution in [1.82, 2.24) is 9.78 Å². The van der Waals surface area contributed by atoms with Gasteiger partial charge in [-0.25, -0.2) is 4.79 Å². The third-order valence-corrected chi connectivity index (χ3v) is 2.17. The number of rotatable bonds is 2. The highest BCUT2D eigenvalue weighted by Crippen LogP contribution is 2.24. The summed E-state index contributed by atoms with van der Waals surface area (Å²) in [6.45, 7) is 0. The highest BCUT2D eigenvalue weighted by molar-refractivity contribution is 5.96. The summed E-state index contributed by atoms with van der Waals surface area (Å²) in [4.78, 5) is 10.9. The summed E-state index contributed by atoms with van der Waals surface area (Å²) in [6, 6.07) is 3.18. The first kappa shape index (κ1) is 9.51. The predicted molar refractivity (Wildman–Crippen MR) is 54.2 cm³/mol. The largest absolute Gasteiger partial charge is 0.496 e. The zero-order valence-corrected chi connectivity index (χ0v) is 8.39. The van der Waals surface area contributed by atoms with E-state index in [1.165, 1.54) is 13.2 Å². The molecule has 5 nitrogen and oxygen atoms in total. The van der Waals surface area contributed by atoms with Crippen LogP contribution in [0.1, 0.15) is 10.4 Å². The van der Waals surface area contributed by atoms with E-state index in [2.05, 4.69) is 5.10 Å². The maximum Gasteiger partial charge on any atom is 0.339 e. The number of carbonyl (C=O) groups is 1. The molecule has 0 fully saturated rings. The molecular weight excluding hydrogens is 196 g/mol. The van der Waals surface area contributed by atoms with Gasteiger partial charge in [0.1, 0.15) is 11.3 Å². The van der Waals surface area contributed by atoms with Crippen LogP contribution in [0.15, 0.2) is 18.3 Å². The third kappa shape index (κ3) is 1.52. The molecule has 0 aliphatic carbocycles. The smallest absolute Gasteiger partial charge is 0.339 e. The summed E-state index contributed by atoms with van der Waals surface area (Å²) in [5.41, 5.74) is 0.777. The molecule has 0 saturated heterocycles. The number of aryl methyl sites for hydroxylation is 1. The first-order chi connectivity index (χ1) is 7.11. The van der Waals surface area contributed by atoms with E-state index in [-0.39, 0.29) is 5.56 Å². The number of fused-ring (bicyclic) bond motifs is 1. The van der Waals surface area contributed by atoms with Crippen LogP contribution in [0.4, 0.5) is 0 Å². The molecule has 2 rings (SSSR count). The lowest BCUT2D eigenvalue weighted by atomic mass is 10.1. The molecule has 15 heavy (non-hydrogen) atoms. The van der Waals surface area contributed by atoms with E-state index >= 15 is 0 Å². The third-order valence-electron chi connectivity index (χ3n) is 2.17. The van der Waals surface area contributed by atoms with Gasteiger partial charge in [-0.15, -0.1) is 0 Å². The van der Waals surface area contributed by atoms with Crippen molar-refractivity contribution in [3.63, 3.8) is 0 Å². The fourth-order valence-electron chi connectivity index (χ4n) is 1.51. The van der Waals surface area contributed by atoms with Crippen molar-refractivity contribution in [2.75, 3.05) is 7.11 Å². The molecular formula is C10H10N2O3. The molecule has 78 valence electrons. The van der Waals surface area contributed by atoms with Crippen molar-refractivity contribution >= 4 is 16.9 Å². The Morgan fingerprint density at radius 3 is 2.87 bits per heavy atom. The standard InChI is InChI=1S/C10H10N2O3/c1-12-5-6-3-9(15-2)7(10(13)14)4-8(6)11-12/h3-5H,1-2H3,(H,13,14). The zero-order chi connectivity index (χ0) is 11.0. The van der Waals surface area contributed by atoms with Crippen LogP contribution in [-0.2, 0) is 7.05 Å². The van der Waals surface area contributed by atoms with Gasteiger partial charge in [0.15, 0.2) is 0 Å². The number of nitrogens with zero attached hydrogens (tertiary/aromatic N) is 2. The Labute approximate surface area is 85.9 Å². The second-order valence-electron chi connectivity index (χ2n) is 3.22. The lowest BCUT2D eigenvalue weighted by Crippen LogP contribution is -2.00. The molecule has 0 saturated carbocycles. The molecule has 0 aliphatic rings. The number of carboxylic acid groups (broad SMARTS) is 1. The number of aromatic carboxylic acids is 1. The predicted octanol–water partition coefficient (Wildman–Crippen LogP) is 1.28. The maximum atomic E-state index is 10.9. The topological polar surface area (TPSA) is 64.4 Å². The number of ether oxygens (including phenoxy) is 1. The van der Waals surface area contributed by atoms with Gasteiger partial charge in [0.2, 0.25) is 0 Å². The van der Waals surface area contributed by atoms with E-state index in [0.717, 1.165) is 5.39 Å². The van der Waals surface area contributed by atoms with Gasteiger partial charge in [0, 0.05) is 18.6 Å². The van der Waals surface area contributed by atoms with E-state index in [1.54, 1.807) is 17.8 Å². The van der Waals surface area contributed by atoms with E-state index in [4.69, 9.17) is 9.84 Å². The van der Waals surface area contributed by atoms with Gasteiger partial charge in [-0.3, -0.25) is 4.68 Å². The molecule has 2 aromatic rings. The Hall–Kier alpha value is -2.04. The summed E-state index contributed by atoms with van der Waals surface area (Å²) in [7, 11) is 3.23. The van der Waals surface area contributed by atoms with Gasteiger partial charge >= 0.3 is 5.97 Å². The molecule has 0 radical (unpaired) electrons. The number of hydrogen-bond acceptors (Lipinski definition) is 3. The van der Waals surface area contributed by atoms with Crippen molar-refractivity contribution in [3.8, 4) is 5.75 Å². The van der Waals surface area contributed by atoms with Gasteiger partial charge in [-0.05, 0) is 12.1 Å². The van der Waals surface area contributed by atoms with Gasteiger partial charge < -0.3 is 9.84 Å². The second kappa shape index (κ2) is 3.27. The summed E-state index contributed by atoms with van der Waals surface area (Å²) in [5.74, 6) is -0.664. The minimum absolute atomic E-state index is 0.128. The van der Waals surface area contributed by atoms with E-state index in [0.29, 0.717) is 11.3 Å². The lowest BCUT2D eigenvalue weighted by molar-refractivity contribution is 0.0693. The molecule has 5 heteroatoms. The molecule has 0 bridgehead atoms. The average Bonchev–Trinajstić information content (AvgIpc) is 2.54. The highest BCUT2D eigenvalue weighted by atomic mass is 16.5. The first-order valence-electron chi connectivity index (χ1n) is 4.36. The minimum atomic E-state index is -1.01. The molecule has 1 N–H and O–H groups in total. The normalized spacial score (nSPS) is 10.5. The minimum Gasteiger partial charge on any atom is -0.496 e. The molecule has 0 spiro atoms. The quantitative estimate of drug-likeness (QED) is 0.803. The Bertz CT molecular complexity index is 531. The zero-order valence-electron chi connectivity index (χ0n) is 8.39. The Morgan fingerprint density at radius 1 is 1.53 bits per heavy atom. The van der Waals surface area contributed by atoms with Crippen LogP contribution < -0.4 is 4.74 Å².